The number of carbonyl (C=O) groups is 1. The Balaban J connectivity index is 1.44. The zero-order valence-corrected chi connectivity index (χ0v) is 20.8. The largest absolute Gasteiger partial charge is 0.449 e. The van der Waals surface area contributed by atoms with Crippen LogP contribution in [0.2, 0.25) is 0 Å². The molecule has 1 aromatic carbocycles. The predicted molar refractivity (Wildman–Crippen MR) is 136 cm³/mol. The second-order valence-corrected chi connectivity index (χ2v) is 9.81. The molecule has 190 valence electrons. The lowest BCUT2D eigenvalue weighted by molar-refractivity contribution is 0.112. The van der Waals surface area contributed by atoms with E-state index in [0.717, 1.165) is 11.4 Å². The highest BCUT2D eigenvalue weighted by Crippen LogP contribution is 2.28. The summed E-state index contributed by atoms with van der Waals surface area (Å²) in [5.41, 5.74) is 0.563. The third-order valence-corrected chi connectivity index (χ3v) is 5.46. The van der Waals surface area contributed by atoms with Gasteiger partial charge in [0.15, 0.2) is 0 Å². The van der Waals surface area contributed by atoms with Gasteiger partial charge in [-0.2, -0.15) is 9.97 Å². The summed E-state index contributed by atoms with van der Waals surface area (Å²) in [6, 6.07) is 8.00. The number of amides is 1. The average Bonchev–Trinajstić information content (AvgIpc) is 2.78. The van der Waals surface area contributed by atoms with Gasteiger partial charge in [-0.3, -0.25) is 4.98 Å². The molecule has 2 aromatic heterocycles. The van der Waals surface area contributed by atoms with Gasteiger partial charge in [0.1, 0.15) is 23.3 Å². The van der Waals surface area contributed by atoms with Gasteiger partial charge in [-0.25, -0.2) is 14.2 Å². The topological polar surface area (TPSA) is 117 Å². The van der Waals surface area contributed by atoms with Crippen LogP contribution in [0.3, 0.4) is 0 Å². The maximum atomic E-state index is 13.3. The van der Waals surface area contributed by atoms with E-state index in [4.69, 9.17) is 9.72 Å². The normalized spacial score (nSPS) is 14.5. The minimum absolute atomic E-state index is 0.149. The van der Waals surface area contributed by atoms with Crippen molar-refractivity contribution >= 4 is 29.5 Å². The zero-order valence-electron chi connectivity index (χ0n) is 20.8. The van der Waals surface area contributed by atoms with Crippen molar-refractivity contribution in [3.8, 4) is 0 Å². The van der Waals surface area contributed by atoms with Crippen molar-refractivity contribution in [1.82, 2.24) is 25.3 Å². The first-order valence-electron chi connectivity index (χ1n) is 11.8. The van der Waals surface area contributed by atoms with E-state index < -0.39 is 6.09 Å². The molecular weight excluding hydrogens is 463 g/mol. The van der Waals surface area contributed by atoms with Crippen molar-refractivity contribution in [2.75, 3.05) is 35.2 Å². The van der Waals surface area contributed by atoms with Crippen molar-refractivity contribution in [2.24, 2.45) is 5.92 Å². The van der Waals surface area contributed by atoms with Gasteiger partial charge in [-0.05, 0) is 45.4 Å². The zero-order chi connectivity index (χ0) is 25.7. The van der Waals surface area contributed by atoms with Gasteiger partial charge >= 0.3 is 6.09 Å². The first-order chi connectivity index (χ1) is 17.1. The molecule has 0 aliphatic carbocycles. The van der Waals surface area contributed by atoms with Crippen molar-refractivity contribution in [1.29, 1.82) is 0 Å². The molecule has 36 heavy (non-hydrogen) atoms. The van der Waals surface area contributed by atoms with E-state index in [1.807, 2.05) is 33.8 Å². The van der Waals surface area contributed by atoms with Gasteiger partial charge in [0.05, 0.1) is 18.8 Å². The molecule has 1 aliphatic rings. The lowest BCUT2D eigenvalue weighted by Crippen LogP contribution is -2.50. The van der Waals surface area contributed by atoms with Gasteiger partial charge in [0.2, 0.25) is 5.95 Å². The molecule has 1 aliphatic heterocycles. The van der Waals surface area contributed by atoms with E-state index >= 15 is 0 Å². The number of alkyl carbamates (subject to hydrolysis) is 1. The fourth-order valence-corrected chi connectivity index (χ4v) is 3.65. The van der Waals surface area contributed by atoms with Crippen LogP contribution in [0, 0.1) is 11.7 Å². The van der Waals surface area contributed by atoms with Crippen LogP contribution in [0.4, 0.5) is 32.6 Å². The van der Waals surface area contributed by atoms with Gasteiger partial charge in [-0.1, -0.05) is 12.1 Å². The first kappa shape index (κ1) is 25.1. The number of carbonyl (C=O) groups excluding carboxylic acids is 1. The second kappa shape index (κ2) is 10.7. The number of hydrogen-bond acceptors (Lipinski definition) is 9. The molecule has 10 nitrogen and oxygen atoms in total. The van der Waals surface area contributed by atoms with E-state index in [-0.39, 0.29) is 23.3 Å². The van der Waals surface area contributed by atoms with Crippen LogP contribution < -0.4 is 20.9 Å². The molecule has 3 aromatic rings. The van der Waals surface area contributed by atoms with E-state index in [2.05, 4.69) is 35.8 Å². The van der Waals surface area contributed by atoms with Gasteiger partial charge in [0.25, 0.3) is 0 Å². The molecule has 11 heteroatoms. The number of rotatable bonds is 8. The fraction of sp³-hybridized carbons (Fsp3) is 0.400. The molecule has 3 N–H and O–H groups in total. The molecule has 0 radical (unpaired) electrons. The van der Waals surface area contributed by atoms with E-state index in [1.165, 1.54) is 12.1 Å². The standard InChI is InChI=1S/C25H31FN8O2/c1-16(18-5-7-19(26)8-6-18)29-23-31-20(30-21-12-27-9-10-28-21)11-22(32-23)34-13-17(14-34)15-36-24(35)33-25(2,3)4/h5-12,16-17H,13-15H2,1-4H3,(H,33,35)(H2,28,29,30,31,32). The second-order valence-electron chi connectivity index (χ2n) is 9.81. The Labute approximate surface area is 209 Å². The fourth-order valence-electron chi connectivity index (χ4n) is 3.65. The van der Waals surface area contributed by atoms with E-state index in [9.17, 15) is 9.18 Å². The average molecular weight is 495 g/mol. The minimum Gasteiger partial charge on any atom is -0.449 e. The SMILES string of the molecule is CC(Nc1nc(Nc2cnccn2)cc(N2CC(COC(=O)NC(C)(C)C)C2)n1)c1ccc(F)cc1. The van der Waals surface area contributed by atoms with Crippen LogP contribution in [0.5, 0.6) is 0 Å². The van der Waals surface area contributed by atoms with Crippen LogP contribution in [-0.2, 0) is 4.74 Å². The van der Waals surface area contributed by atoms with Gasteiger partial charge in [0, 0.05) is 43.0 Å². The molecule has 3 heterocycles. The highest BCUT2D eigenvalue weighted by molar-refractivity contribution is 5.68. The first-order valence-corrected chi connectivity index (χ1v) is 11.8. The lowest BCUT2D eigenvalue weighted by Gasteiger charge is -2.40. The van der Waals surface area contributed by atoms with Crippen molar-refractivity contribution < 1.29 is 13.9 Å². The molecule has 1 fully saturated rings. The Bertz CT molecular complexity index is 1160. The van der Waals surface area contributed by atoms with Crippen molar-refractivity contribution in [2.45, 2.75) is 39.3 Å². The van der Waals surface area contributed by atoms with Gasteiger partial charge in [-0.15, -0.1) is 0 Å². The predicted octanol–water partition coefficient (Wildman–Crippen LogP) is 4.28. The molecule has 1 atom stereocenters. The Morgan fingerprint density at radius 3 is 2.58 bits per heavy atom. The molecule has 4 rings (SSSR count). The summed E-state index contributed by atoms with van der Waals surface area (Å²) in [6.45, 7) is 9.39. The Hall–Kier alpha value is -4.02. The number of nitrogens with one attached hydrogen (secondary N) is 3. The molecule has 0 bridgehead atoms. The third-order valence-electron chi connectivity index (χ3n) is 5.46. The molecule has 1 unspecified atom stereocenters. The van der Waals surface area contributed by atoms with E-state index in [1.54, 1.807) is 30.7 Å². The number of halogens is 1. The number of ether oxygens (including phenoxy) is 1. The van der Waals surface area contributed by atoms with Crippen molar-refractivity contribution in [3.63, 3.8) is 0 Å². The molecule has 0 saturated carbocycles. The Morgan fingerprint density at radius 2 is 1.92 bits per heavy atom. The molecule has 1 saturated heterocycles. The Kier molecular flexibility index (Phi) is 7.47. The van der Waals surface area contributed by atoms with Gasteiger partial charge < -0.3 is 25.6 Å². The van der Waals surface area contributed by atoms with Crippen LogP contribution in [0.25, 0.3) is 0 Å². The Morgan fingerprint density at radius 1 is 1.17 bits per heavy atom. The number of aromatic nitrogens is 4. The molecule has 1 amide bonds. The summed E-state index contributed by atoms with van der Waals surface area (Å²) in [7, 11) is 0. The van der Waals surface area contributed by atoms with Crippen molar-refractivity contribution in [3.05, 3.63) is 60.3 Å². The number of hydrogen-bond donors (Lipinski definition) is 3. The summed E-state index contributed by atoms with van der Waals surface area (Å²) in [4.78, 5) is 31.6. The minimum atomic E-state index is -0.417. The molecular formula is C25H31FN8O2. The maximum Gasteiger partial charge on any atom is 0.407 e. The number of benzene rings is 1. The summed E-state index contributed by atoms with van der Waals surface area (Å²) in [5, 5.41) is 9.25. The quantitative estimate of drug-likeness (QED) is 0.422. The third kappa shape index (κ3) is 7.00. The molecule has 0 spiro atoms. The van der Waals surface area contributed by atoms with Crippen LogP contribution in [-0.4, -0.2) is 51.3 Å². The maximum absolute atomic E-state index is 13.3. The lowest BCUT2D eigenvalue weighted by atomic mass is 10.0. The highest BCUT2D eigenvalue weighted by Gasteiger charge is 2.30. The summed E-state index contributed by atoms with van der Waals surface area (Å²) in [6.07, 6.45) is 4.38. The highest BCUT2D eigenvalue weighted by atomic mass is 19.1. The van der Waals surface area contributed by atoms with Crippen LogP contribution >= 0.6 is 0 Å². The number of anilines is 4. The van der Waals surface area contributed by atoms with Crippen LogP contribution in [0.15, 0.2) is 48.9 Å². The summed E-state index contributed by atoms with van der Waals surface area (Å²) < 4.78 is 18.7. The summed E-state index contributed by atoms with van der Waals surface area (Å²) in [5.74, 6) is 2.17. The monoisotopic (exact) mass is 494 g/mol. The van der Waals surface area contributed by atoms with E-state index in [0.29, 0.717) is 37.3 Å². The smallest absolute Gasteiger partial charge is 0.407 e. The summed E-state index contributed by atoms with van der Waals surface area (Å²) >= 11 is 0. The van der Waals surface area contributed by atoms with Crippen LogP contribution in [0.1, 0.15) is 39.3 Å². The number of nitrogens with zero attached hydrogens (tertiary/aromatic N) is 5.